The van der Waals surface area contributed by atoms with Crippen molar-refractivity contribution in [2.45, 2.75) is 19.4 Å². The van der Waals surface area contributed by atoms with Crippen molar-refractivity contribution in [2.24, 2.45) is 0 Å². The summed E-state index contributed by atoms with van der Waals surface area (Å²) in [5, 5.41) is 9.97. The molecule has 0 bridgehead atoms. The molecule has 1 atom stereocenters. The highest BCUT2D eigenvalue weighted by molar-refractivity contribution is 7.15. The molecule has 7 nitrogen and oxygen atoms in total. The van der Waals surface area contributed by atoms with Crippen LogP contribution >= 0.6 is 11.3 Å². The summed E-state index contributed by atoms with van der Waals surface area (Å²) in [5.74, 6) is -0.375. The number of carbonyl (C=O) groups excluding carboxylic acids is 1. The number of para-hydroxylation sites is 1. The Balaban J connectivity index is 1.80. The van der Waals surface area contributed by atoms with Crippen molar-refractivity contribution in [2.75, 3.05) is 4.90 Å². The van der Waals surface area contributed by atoms with Crippen LogP contribution in [0.3, 0.4) is 0 Å². The second-order valence-corrected chi connectivity index (χ2v) is 7.37. The van der Waals surface area contributed by atoms with Crippen molar-refractivity contribution < 1.29 is 9.21 Å². The molecular weight excluding hydrogens is 376 g/mol. The minimum atomic E-state index is -0.706. The Morgan fingerprint density at radius 2 is 1.93 bits per heavy atom. The Labute approximate surface area is 163 Å². The maximum atomic E-state index is 13.3. The highest BCUT2D eigenvalue weighted by Gasteiger charge is 2.45. The third kappa shape index (κ3) is 2.38. The van der Waals surface area contributed by atoms with E-state index in [1.54, 1.807) is 42.6 Å². The Morgan fingerprint density at radius 3 is 2.68 bits per heavy atom. The van der Waals surface area contributed by atoms with E-state index in [0.717, 1.165) is 5.01 Å². The van der Waals surface area contributed by atoms with Crippen LogP contribution < -0.4 is 10.3 Å². The molecule has 0 spiro atoms. The van der Waals surface area contributed by atoms with E-state index in [-0.39, 0.29) is 16.8 Å². The van der Waals surface area contributed by atoms with Gasteiger partial charge in [-0.05, 0) is 30.7 Å². The molecule has 5 rings (SSSR count). The zero-order chi connectivity index (χ0) is 19.3. The lowest BCUT2D eigenvalue weighted by molar-refractivity contribution is 0.0970. The predicted molar refractivity (Wildman–Crippen MR) is 105 cm³/mol. The monoisotopic (exact) mass is 390 g/mol. The Bertz CT molecular complexity index is 1270. The number of rotatable bonds is 3. The van der Waals surface area contributed by atoms with E-state index in [9.17, 15) is 9.59 Å². The molecule has 0 radical (unpaired) electrons. The van der Waals surface area contributed by atoms with Gasteiger partial charge in [-0.25, -0.2) is 0 Å². The number of nitrogens with zero attached hydrogens (tertiary/aromatic N) is 4. The van der Waals surface area contributed by atoms with E-state index < -0.39 is 11.9 Å². The first kappa shape index (κ1) is 16.8. The number of pyridine rings is 1. The topological polar surface area (TPSA) is 89.2 Å². The number of aryl methyl sites for hydroxylation is 1. The molecule has 4 heterocycles. The van der Waals surface area contributed by atoms with E-state index in [1.807, 2.05) is 13.0 Å². The van der Waals surface area contributed by atoms with Gasteiger partial charge in [-0.1, -0.05) is 36.5 Å². The van der Waals surface area contributed by atoms with Gasteiger partial charge >= 0.3 is 0 Å². The standard InChI is InChI=1S/C20H14N4O3S/c1-2-14-22-23-20(28-14)24-16(12-8-5-6-10-21-12)15-17(25)11-7-3-4-9-13(11)27-18(15)19(24)26/h3-10,16H,2H2,1H3. The first-order valence-electron chi connectivity index (χ1n) is 8.81. The number of amides is 1. The first-order valence-corrected chi connectivity index (χ1v) is 9.63. The summed E-state index contributed by atoms with van der Waals surface area (Å²) in [5.41, 5.74) is 1.01. The summed E-state index contributed by atoms with van der Waals surface area (Å²) >= 11 is 1.32. The second-order valence-electron chi connectivity index (χ2n) is 6.33. The van der Waals surface area contributed by atoms with Gasteiger partial charge in [0.15, 0.2) is 5.43 Å². The van der Waals surface area contributed by atoms with Crippen LogP contribution in [0.25, 0.3) is 11.0 Å². The van der Waals surface area contributed by atoms with Crippen LogP contribution in [0.2, 0.25) is 0 Å². The molecule has 0 N–H and O–H groups in total. The van der Waals surface area contributed by atoms with E-state index in [0.29, 0.717) is 28.2 Å². The van der Waals surface area contributed by atoms with Gasteiger partial charge in [-0.2, -0.15) is 0 Å². The van der Waals surface area contributed by atoms with Gasteiger partial charge in [0.05, 0.1) is 16.6 Å². The molecule has 1 aliphatic rings. The molecule has 138 valence electrons. The number of anilines is 1. The third-order valence-electron chi connectivity index (χ3n) is 4.71. The minimum absolute atomic E-state index is 0.0348. The molecule has 1 unspecified atom stereocenters. The van der Waals surface area contributed by atoms with Gasteiger partial charge in [-0.15, -0.1) is 10.2 Å². The van der Waals surface area contributed by atoms with Gasteiger partial charge in [0.25, 0.3) is 5.91 Å². The summed E-state index contributed by atoms with van der Waals surface area (Å²) in [6.07, 6.45) is 2.35. The van der Waals surface area contributed by atoms with Gasteiger partial charge in [0.2, 0.25) is 10.9 Å². The number of carbonyl (C=O) groups is 1. The summed E-state index contributed by atoms with van der Waals surface area (Å²) in [6.45, 7) is 1.97. The molecule has 1 aliphatic heterocycles. The van der Waals surface area contributed by atoms with Gasteiger partial charge in [0.1, 0.15) is 16.6 Å². The molecule has 0 aliphatic carbocycles. The summed E-state index contributed by atoms with van der Waals surface area (Å²) < 4.78 is 5.87. The molecule has 8 heteroatoms. The molecule has 4 aromatic rings. The Morgan fingerprint density at radius 1 is 1.11 bits per heavy atom. The Hall–Kier alpha value is -3.39. The lowest BCUT2D eigenvalue weighted by Gasteiger charge is -2.20. The average molecular weight is 390 g/mol. The number of fused-ring (bicyclic) bond motifs is 2. The van der Waals surface area contributed by atoms with Crippen molar-refractivity contribution in [1.29, 1.82) is 0 Å². The third-order valence-corrected chi connectivity index (χ3v) is 5.78. The number of hydrogen-bond acceptors (Lipinski definition) is 7. The van der Waals surface area contributed by atoms with Crippen LogP contribution in [0.5, 0.6) is 0 Å². The molecule has 0 saturated carbocycles. The lowest BCUT2D eigenvalue weighted by Crippen LogP contribution is -2.30. The summed E-state index contributed by atoms with van der Waals surface area (Å²) in [4.78, 5) is 32.4. The van der Waals surface area contributed by atoms with Gasteiger partial charge in [0, 0.05) is 6.20 Å². The van der Waals surface area contributed by atoms with Crippen molar-refractivity contribution >= 4 is 33.3 Å². The average Bonchev–Trinajstić information content (AvgIpc) is 3.32. The number of hydrogen-bond donors (Lipinski definition) is 0. The van der Waals surface area contributed by atoms with Gasteiger partial charge < -0.3 is 4.42 Å². The fourth-order valence-corrected chi connectivity index (χ4v) is 4.22. The Kier molecular flexibility index (Phi) is 3.80. The minimum Gasteiger partial charge on any atom is -0.450 e. The number of aromatic nitrogens is 3. The van der Waals surface area contributed by atoms with Crippen molar-refractivity contribution in [3.05, 3.63) is 80.9 Å². The van der Waals surface area contributed by atoms with Crippen LogP contribution in [-0.4, -0.2) is 21.1 Å². The predicted octanol–water partition coefficient (Wildman–Crippen LogP) is 3.35. The summed E-state index contributed by atoms with van der Waals surface area (Å²) in [7, 11) is 0. The zero-order valence-electron chi connectivity index (χ0n) is 14.8. The quantitative estimate of drug-likeness (QED) is 0.533. The van der Waals surface area contributed by atoms with Gasteiger partial charge in [-0.3, -0.25) is 19.5 Å². The fraction of sp³-hybridized carbons (Fsp3) is 0.150. The smallest absolute Gasteiger partial charge is 0.297 e. The maximum Gasteiger partial charge on any atom is 0.297 e. The molecule has 28 heavy (non-hydrogen) atoms. The summed E-state index contributed by atoms with van der Waals surface area (Å²) in [6, 6.07) is 11.6. The van der Waals surface area contributed by atoms with E-state index in [2.05, 4.69) is 15.2 Å². The molecule has 0 fully saturated rings. The number of benzene rings is 1. The second kappa shape index (κ2) is 6.35. The first-order chi connectivity index (χ1) is 13.7. The van der Waals surface area contributed by atoms with Crippen molar-refractivity contribution in [3.8, 4) is 0 Å². The van der Waals surface area contributed by atoms with E-state index >= 15 is 0 Å². The molecule has 1 aromatic carbocycles. The molecule has 1 amide bonds. The van der Waals surface area contributed by atoms with Crippen LogP contribution in [-0.2, 0) is 6.42 Å². The molecule has 3 aromatic heterocycles. The molecular formula is C20H14N4O3S. The maximum absolute atomic E-state index is 13.3. The van der Waals surface area contributed by atoms with Crippen LogP contribution in [0.4, 0.5) is 5.13 Å². The highest BCUT2D eigenvalue weighted by Crippen LogP contribution is 2.41. The van der Waals surface area contributed by atoms with E-state index in [1.165, 1.54) is 16.2 Å². The fourth-order valence-electron chi connectivity index (χ4n) is 3.42. The van der Waals surface area contributed by atoms with Crippen molar-refractivity contribution in [1.82, 2.24) is 15.2 Å². The highest BCUT2D eigenvalue weighted by atomic mass is 32.1. The largest absolute Gasteiger partial charge is 0.450 e. The SMILES string of the molecule is CCc1nnc(N2C(=O)c3oc4ccccc4c(=O)c3C2c2ccccn2)s1. The van der Waals surface area contributed by atoms with Crippen LogP contribution in [0, 0.1) is 0 Å². The lowest BCUT2D eigenvalue weighted by atomic mass is 10.0. The zero-order valence-corrected chi connectivity index (χ0v) is 15.6. The van der Waals surface area contributed by atoms with Crippen molar-refractivity contribution in [3.63, 3.8) is 0 Å². The van der Waals surface area contributed by atoms with Crippen LogP contribution in [0.1, 0.15) is 39.8 Å². The molecule has 0 saturated heterocycles. The van der Waals surface area contributed by atoms with E-state index in [4.69, 9.17) is 4.42 Å². The normalized spacial score (nSPS) is 16.0. The van der Waals surface area contributed by atoms with Crippen LogP contribution in [0.15, 0.2) is 57.9 Å².